The highest BCUT2D eigenvalue weighted by Gasteiger charge is 2.22. The molecule has 1 aromatic rings. The van der Waals surface area contributed by atoms with Gasteiger partial charge in [0.2, 0.25) is 10.0 Å². The van der Waals surface area contributed by atoms with Gasteiger partial charge in [0.15, 0.2) is 5.11 Å². The van der Waals surface area contributed by atoms with Crippen molar-refractivity contribution in [3.63, 3.8) is 0 Å². The largest absolute Gasteiger partial charge is 0.360 e. The quantitative estimate of drug-likeness (QED) is 0.753. The lowest BCUT2D eigenvalue weighted by Gasteiger charge is -2.24. The molecule has 2 rings (SSSR count). The molecule has 2 N–H and O–H groups in total. The molecule has 0 aromatic heterocycles. The summed E-state index contributed by atoms with van der Waals surface area (Å²) in [6, 6.07) is 7.25. The summed E-state index contributed by atoms with van der Waals surface area (Å²) in [5, 5.41) is 7.00. The smallest absolute Gasteiger partial charge is 0.243 e. The van der Waals surface area contributed by atoms with Gasteiger partial charge in [0.1, 0.15) is 0 Å². The van der Waals surface area contributed by atoms with Crippen molar-refractivity contribution in [1.29, 1.82) is 0 Å². The molecule has 0 amide bonds. The molecule has 0 unspecified atom stereocenters. The summed E-state index contributed by atoms with van der Waals surface area (Å²) in [5.74, 6) is 0. The minimum atomic E-state index is -3.46. The Balaban J connectivity index is 2.05. The Morgan fingerprint density at radius 3 is 2.50 bits per heavy atom. The molecule has 0 spiro atoms. The third kappa shape index (κ3) is 4.91. The number of benzene rings is 1. The molecule has 0 atom stereocenters. The first-order chi connectivity index (χ1) is 11.5. The monoisotopic (exact) mass is 369 g/mol. The minimum absolute atomic E-state index is 0.289. The summed E-state index contributed by atoms with van der Waals surface area (Å²) < 4.78 is 26.6. The second-order valence-corrected chi connectivity index (χ2v) is 8.40. The van der Waals surface area contributed by atoms with Gasteiger partial charge in [0.25, 0.3) is 0 Å². The maximum Gasteiger partial charge on any atom is 0.243 e. The molecular weight excluding hydrogens is 342 g/mol. The van der Waals surface area contributed by atoms with Crippen LogP contribution in [0.5, 0.6) is 0 Å². The number of anilines is 1. The van der Waals surface area contributed by atoms with E-state index in [4.69, 9.17) is 12.2 Å². The molecule has 0 radical (unpaired) electrons. The van der Waals surface area contributed by atoms with Crippen LogP contribution in [0.15, 0.2) is 29.2 Å². The predicted octanol–water partition coefficient (Wildman–Crippen LogP) is 3.34. The Bertz CT molecular complexity index is 652. The fourth-order valence-corrected chi connectivity index (χ4v) is 4.84. The van der Waals surface area contributed by atoms with Gasteiger partial charge in [-0.2, -0.15) is 4.31 Å². The third-order valence-electron chi connectivity index (χ3n) is 4.38. The van der Waals surface area contributed by atoms with Crippen LogP contribution in [0.25, 0.3) is 0 Å². The van der Waals surface area contributed by atoms with Gasteiger partial charge < -0.3 is 10.6 Å². The number of nitrogens with zero attached hydrogens (tertiary/aromatic N) is 1. The van der Waals surface area contributed by atoms with Crippen LogP contribution in [-0.4, -0.2) is 37.0 Å². The summed E-state index contributed by atoms with van der Waals surface area (Å²) in [4.78, 5) is 0.289. The lowest BCUT2D eigenvalue weighted by Crippen LogP contribution is -2.38. The number of nitrogens with one attached hydrogen (secondary N) is 2. The van der Waals surface area contributed by atoms with Crippen LogP contribution < -0.4 is 10.6 Å². The van der Waals surface area contributed by atoms with Crippen LogP contribution in [-0.2, 0) is 10.0 Å². The van der Waals surface area contributed by atoms with E-state index in [9.17, 15) is 8.42 Å². The molecule has 5 nitrogen and oxygen atoms in total. The molecular formula is C17H27N3O2S2. The van der Waals surface area contributed by atoms with E-state index in [0.29, 0.717) is 29.9 Å². The zero-order valence-corrected chi connectivity index (χ0v) is 16.0. The Kier molecular flexibility index (Phi) is 7.01. The highest BCUT2D eigenvalue weighted by atomic mass is 32.2. The van der Waals surface area contributed by atoms with Crippen molar-refractivity contribution < 1.29 is 8.42 Å². The molecule has 7 heteroatoms. The van der Waals surface area contributed by atoms with Gasteiger partial charge in [0, 0.05) is 24.8 Å². The Morgan fingerprint density at radius 1 is 1.21 bits per heavy atom. The first-order valence-electron chi connectivity index (χ1n) is 8.65. The van der Waals surface area contributed by atoms with E-state index in [1.54, 1.807) is 18.2 Å². The topological polar surface area (TPSA) is 61.4 Å². The molecule has 0 saturated heterocycles. The van der Waals surface area contributed by atoms with Gasteiger partial charge in [0.05, 0.1) is 4.90 Å². The molecule has 1 saturated carbocycles. The van der Waals surface area contributed by atoms with Crippen molar-refractivity contribution in [3.8, 4) is 0 Å². The maximum absolute atomic E-state index is 12.6. The zero-order chi connectivity index (χ0) is 17.6. The summed E-state index contributed by atoms with van der Waals surface area (Å²) in [6.45, 7) is 4.59. The summed E-state index contributed by atoms with van der Waals surface area (Å²) in [6.07, 6.45) is 6.04. The van der Waals surface area contributed by atoms with Gasteiger partial charge in [-0.25, -0.2) is 8.42 Å². The lowest BCUT2D eigenvalue weighted by molar-refractivity contribution is 0.415. The van der Waals surface area contributed by atoms with Gasteiger partial charge in [-0.1, -0.05) is 39.2 Å². The van der Waals surface area contributed by atoms with Crippen molar-refractivity contribution in [2.45, 2.75) is 56.9 Å². The van der Waals surface area contributed by atoms with Crippen molar-refractivity contribution >= 4 is 33.0 Å². The summed E-state index contributed by atoms with van der Waals surface area (Å²) in [7, 11) is -3.46. The van der Waals surface area contributed by atoms with E-state index in [1.165, 1.54) is 23.6 Å². The Hall–Kier alpha value is -1.18. The molecule has 0 heterocycles. The van der Waals surface area contributed by atoms with E-state index >= 15 is 0 Å². The van der Waals surface area contributed by atoms with Crippen LogP contribution in [0.3, 0.4) is 0 Å². The van der Waals surface area contributed by atoms with Gasteiger partial charge in [-0.05, 0) is 43.3 Å². The van der Waals surface area contributed by atoms with Crippen molar-refractivity contribution in [2.24, 2.45) is 0 Å². The summed E-state index contributed by atoms with van der Waals surface area (Å²) in [5.41, 5.74) is 0.691. The van der Waals surface area contributed by atoms with E-state index in [-0.39, 0.29) is 4.90 Å². The van der Waals surface area contributed by atoms with Gasteiger partial charge in [-0.3, -0.25) is 0 Å². The average Bonchev–Trinajstić information content (AvgIpc) is 2.56. The number of hydrogen-bond donors (Lipinski definition) is 2. The standard InChI is InChI=1S/C17H27N3O2S2/c1-3-20(4-2)24(21,22)16-12-8-11-15(13-16)19-17(23)18-14-9-6-5-7-10-14/h8,11-14H,3-7,9-10H2,1-2H3,(H2,18,19,23). The van der Waals surface area contributed by atoms with Crippen LogP contribution in [0, 0.1) is 0 Å². The van der Waals surface area contributed by atoms with Crippen molar-refractivity contribution in [1.82, 2.24) is 9.62 Å². The fourth-order valence-electron chi connectivity index (χ4n) is 3.05. The number of sulfonamides is 1. The lowest BCUT2D eigenvalue weighted by atomic mass is 9.96. The molecule has 0 bridgehead atoms. The average molecular weight is 370 g/mol. The Morgan fingerprint density at radius 2 is 1.88 bits per heavy atom. The van der Waals surface area contributed by atoms with E-state index in [1.807, 2.05) is 19.9 Å². The van der Waals surface area contributed by atoms with Gasteiger partial charge in [-0.15, -0.1) is 0 Å². The van der Waals surface area contributed by atoms with E-state index in [0.717, 1.165) is 12.8 Å². The Labute approximate surface area is 150 Å². The van der Waals surface area contributed by atoms with Crippen LogP contribution >= 0.6 is 12.2 Å². The number of hydrogen-bond acceptors (Lipinski definition) is 3. The highest BCUT2D eigenvalue weighted by Crippen LogP contribution is 2.20. The van der Waals surface area contributed by atoms with E-state index < -0.39 is 10.0 Å². The predicted molar refractivity (Wildman–Crippen MR) is 103 cm³/mol. The second-order valence-electron chi connectivity index (χ2n) is 6.05. The minimum Gasteiger partial charge on any atom is -0.360 e. The van der Waals surface area contributed by atoms with E-state index in [2.05, 4.69) is 10.6 Å². The zero-order valence-electron chi connectivity index (χ0n) is 14.4. The van der Waals surface area contributed by atoms with Crippen molar-refractivity contribution in [2.75, 3.05) is 18.4 Å². The molecule has 24 heavy (non-hydrogen) atoms. The second kappa shape index (κ2) is 8.78. The van der Waals surface area contributed by atoms with Crippen LogP contribution in [0.1, 0.15) is 46.0 Å². The molecule has 1 aromatic carbocycles. The number of thiocarbonyl (C=S) groups is 1. The fraction of sp³-hybridized carbons (Fsp3) is 0.588. The van der Waals surface area contributed by atoms with Crippen LogP contribution in [0.4, 0.5) is 5.69 Å². The first-order valence-corrected chi connectivity index (χ1v) is 10.5. The normalized spacial score (nSPS) is 16.1. The molecule has 1 aliphatic carbocycles. The van der Waals surface area contributed by atoms with Gasteiger partial charge >= 0.3 is 0 Å². The summed E-state index contributed by atoms with van der Waals surface area (Å²) >= 11 is 5.37. The molecule has 1 fully saturated rings. The van der Waals surface area contributed by atoms with Crippen molar-refractivity contribution in [3.05, 3.63) is 24.3 Å². The molecule has 134 valence electrons. The SMILES string of the molecule is CCN(CC)S(=O)(=O)c1cccc(NC(=S)NC2CCCCC2)c1. The highest BCUT2D eigenvalue weighted by molar-refractivity contribution is 7.89. The third-order valence-corrected chi connectivity index (χ3v) is 6.64. The molecule has 0 aliphatic heterocycles. The van der Waals surface area contributed by atoms with Crippen LogP contribution in [0.2, 0.25) is 0 Å². The first kappa shape index (κ1) is 19.1. The molecule has 1 aliphatic rings. The number of rotatable bonds is 6. The maximum atomic E-state index is 12.6.